The molecule has 0 aliphatic rings. The van der Waals surface area contributed by atoms with Gasteiger partial charge in [-0.05, 0) is 52.6 Å². The third-order valence-corrected chi connectivity index (χ3v) is 6.71. The van der Waals surface area contributed by atoms with Gasteiger partial charge >= 0.3 is 0 Å². The lowest BCUT2D eigenvalue weighted by molar-refractivity contribution is -0.129. The molecular formula is C28H32N4O3S. The van der Waals surface area contributed by atoms with Crippen LogP contribution in [0.3, 0.4) is 0 Å². The Kier molecular flexibility index (Phi) is 9.55. The minimum Gasteiger partial charge on any atom is -0.343 e. The van der Waals surface area contributed by atoms with Crippen molar-refractivity contribution in [1.82, 2.24) is 16.0 Å². The molecule has 0 aliphatic carbocycles. The van der Waals surface area contributed by atoms with Crippen LogP contribution in [0.4, 0.5) is 0 Å². The minimum atomic E-state index is -0.798. The zero-order valence-electron chi connectivity index (χ0n) is 20.7. The van der Waals surface area contributed by atoms with E-state index in [2.05, 4.69) is 52.5 Å². The van der Waals surface area contributed by atoms with Crippen LogP contribution >= 0.6 is 11.3 Å². The van der Waals surface area contributed by atoms with Gasteiger partial charge in [0.1, 0.15) is 6.04 Å². The van der Waals surface area contributed by atoms with Gasteiger partial charge < -0.3 is 21.7 Å². The van der Waals surface area contributed by atoms with Gasteiger partial charge in [-0.25, -0.2) is 0 Å². The number of fused-ring (bicyclic) bond motifs is 2. The normalized spacial score (nSPS) is 12.2. The molecule has 1 aromatic heterocycles. The molecule has 188 valence electrons. The molecule has 0 fully saturated rings. The van der Waals surface area contributed by atoms with E-state index in [9.17, 15) is 14.4 Å². The maximum atomic E-state index is 12.5. The van der Waals surface area contributed by atoms with Crippen LogP contribution in [0.15, 0.2) is 72.1 Å². The summed E-state index contributed by atoms with van der Waals surface area (Å²) >= 11 is 1.81. The van der Waals surface area contributed by atoms with Crippen LogP contribution in [-0.4, -0.2) is 36.5 Å². The fourth-order valence-corrected chi connectivity index (χ4v) is 4.64. The highest BCUT2D eigenvalue weighted by molar-refractivity contribution is 7.17. The van der Waals surface area contributed by atoms with Crippen molar-refractivity contribution >= 4 is 49.9 Å². The number of nitrogens with one attached hydrogen (secondary N) is 3. The summed E-state index contributed by atoms with van der Waals surface area (Å²) in [5.41, 5.74) is 7.93. The fourth-order valence-electron chi connectivity index (χ4n) is 3.69. The number of hydrogen-bond donors (Lipinski definition) is 4. The monoisotopic (exact) mass is 504 g/mol. The summed E-state index contributed by atoms with van der Waals surface area (Å²) in [5, 5.41) is 13.4. The Bertz CT molecular complexity index is 1340. The smallest absolute Gasteiger partial charge is 0.244 e. The molecule has 4 aromatic rings. The highest BCUT2D eigenvalue weighted by Crippen LogP contribution is 2.24. The van der Waals surface area contributed by atoms with Crippen LogP contribution in [0.25, 0.3) is 20.9 Å². The van der Waals surface area contributed by atoms with Gasteiger partial charge in [0.25, 0.3) is 0 Å². The number of thiophene rings is 1. The number of carbonyl (C=O) groups excluding carboxylic acids is 3. The van der Waals surface area contributed by atoms with Crippen LogP contribution in [-0.2, 0) is 20.8 Å². The molecular weight excluding hydrogens is 472 g/mol. The quantitative estimate of drug-likeness (QED) is 0.288. The van der Waals surface area contributed by atoms with Gasteiger partial charge in [0, 0.05) is 18.0 Å². The highest BCUT2D eigenvalue weighted by Gasteiger charge is 2.23. The third kappa shape index (κ3) is 7.37. The number of rotatable bonds is 7. The van der Waals surface area contributed by atoms with Gasteiger partial charge in [0.15, 0.2) is 0 Å². The van der Waals surface area contributed by atoms with E-state index in [4.69, 9.17) is 5.73 Å². The molecule has 5 N–H and O–H groups in total. The Morgan fingerprint density at radius 1 is 0.889 bits per heavy atom. The molecule has 0 saturated heterocycles. The average molecular weight is 505 g/mol. The summed E-state index contributed by atoms with van der Waals surface area (Å²) in [4.78, 5) is 35.5. The Labute approximate surface area is 215 Å². The molecule has 0 spiro atoms. The standard InChI is InChI=1S/C19H24N4O3.C9H8S/c1-12(20)18(25)23-17(19(26)22-11-21-13(2)24)10-15-8-5-7-14-6-3-4-9-16(14)15;1-7-6-10-9-5-3-2-4-8(7)9/h3-9,12,17H,10-11,20H2,1-2H3,(H,21,24)(H,22,26)(H,23,25);2-6H,1H3. The summed E-state index contributed by atoms with van der Waals surface area (Å²) in [6.07, 6.45) is 0.311. The van der Waals surface area contributed by atoms with Crippen molar-refractivity contribution in [3.05, 3.63) is 83.2 Å². The molecule has 0 radical (unpaired) electrons. The second-order valence-corrected chi connectivity index (χ2v) is 9.47. The van der Waals surface area contributed by atoms with Gasteiger partial charge in [-0.15, -0.1) is 11.3 Å². The predicted octanol–water partition coefficient (Wildman–Crippen LogP) is 3.63. The van der Waals surface area contributed by atoms with Crippen molar-refractivity contribution in [3.63, 3.8) is 0 Å². The van der Waals surface area contributed by atoms with Crippen molar-refractivity contribution in [1.29, 1.82) is 0 Å². The van der Waals surface area contributed by atoms with E-state index in [1.807, 2.05) is 53.8 Å². The van der Waals surface area contributed by atoms with Crippen molar-refractivity contribution in [2.24, 2.45) is 5.73 Å². The Morgan fingerprint density at radius 2 is 1.56 bits per heavy atom. The van der Waals surface area contributed by atoms with E-state index in [0.29, 0.717) is 6.42 Å². The first-order valence-corrected chi connectivity index (χ1v) is 12.6. The maximum Gasteiger partial charge on any atom is 0.244 e. The summed E-state index contributed by atoms with van der Waals surface area (Å²) in [6.45, 7) is 5.06. The molecule has 0 aliphatic heterocycles. The molecule has 7 nitrogen and oxygen atoms in total. The number of amides is 3. The summed E-state index contributed by atoms with van der Waals surface area (Å²) in [7, 11) is 0. The minimum absolute atomic E-state index is 0.00570. The Balaban J connectivity index is 0.000000297. The van der Waals surface area contributed by atoms with Gasteiger partial charge in [-0.2, -0.15) is 0 Å². The lowest BCUT2D eigenvalue weighted by Crippen LogP contribution is -2.53. The largest absolute Gasteiger partial charge is 0.343 e. The summed E-state index contributed by atoms with van der Waals surface area (Å²) in [6, 6.07) is 20.6. The first-order chi connectivity index (χ1) is 17.3. The van der Waals surface area contributed by atoms with E-state index < -0.39 is 18.0 Å². The molecule has 4 rings (SSSR count). The fraction of sp³-hybridized carbons (Fsp3) is 0.250. The maximum absolute atomic E-state index is 12.5. The predicted molar refractivity (Wildman–Crippen MR) is 147 cm³/mol. The molecule has 8 heteroatoms. The van der Waals surface area contributed by atoms with E-state index in [-0.39, 0.29) is 18.5 Å². The van der Waals surface area contributed by atoms with Crippen LogP contribution in [0.5, 0.6) is 0 Å². The lowest BCUT2D eigenvalue weighted by Gasteiger charge is -2.20. The van der Waals surface area contributed by atoms with Crippen molar-refractivity contribution < 1.29 is 14.4 Å². The SMILES string of the molecule is CC(=O)NCNC(=O)C(Cc1cccc2ccccc12)NC(=O)C(C)N.Cc1csc2ccccc12. The van der Waals surface area contributed by atoms with Crippen LogP contribution in [0.1, 0.15) is 25.0 Å². The number of benzene rings is 3. The topological polar surface area (TPSA) is 113 Å². The molecule has 0 saturated carbocycles. The summed E-state index contributed by atoms with van der Waals surface area (Å²) in [5.74, 6) is -1.05. The highest BCUT2D eigenvalue weighted by atomic mass is 32.1. The van der Waals surface area contributed by atoms with Crippen molar-refractivity contribution in [2.75, 3.05) is 6.67 Å². The Morgan fingerprint density at radius 3 is 2.25 bits per heavy atom. The first kappa shape index (κ1) is 26.8. The third-order valence-electron chi connectivity index (χ3n) is 5.63. The van der Waals surface area contributed by atoms with Crippen LogP contribution in [0, 0.1) is 6.92 Å². The number of nitrogens with two attached hydrogens (primary N) is 1. The Hall–Kier alpha value is -3.75. The van der Waals surface area contributed by atoms with Gasteiger partial charge in [-0.3, -0.25) is 14.4 Å². The number of aryl methyl sites for hydroxylation is 1. The molecule has 3 amide bonds. The molecule has 2 unspecified atom stereocenters. The van der Waals surface area contributed by atoms with Crippen LogP contribution < -0.4 is 21.7 Å². The first-order valence-electron chi connectivity index (χ1n) is 11.7. The average Bonchev–Trinajstić information content (AvgIpc) is 3.24. The van der Waals surface area contributed by atoms with Gasteiger partial charge in [-0.1, -0.05) is 60.7 Å². The van der Waals surface area contributed by atoms with Gasteiger partial charge in [0.2, 0.25) is 17.7 Å². The van der Waals surface area contributed by atoms with E-state index in [1.54, 1.807) is 6.92 Å². The second-order valence-electron chi connectivity index (χ2n) is 8.56. The zero-order chi connectivity index (χ0) is 26.1. The van der Waals surface area contributed by atoms with Gasteiger partial charge in [0.05, 0.1) is 12.7 Å². The van der Waals surface area contributed by atoms with Crippen molar-refractivity contribution in [3.8, 4) is 0 Å². The van der Waals surface area contributed by atoms with Crippen molar-refractivity contribution in [2.45, 2.75) is 39.3 Å². The van der Waals surface area contributed by atoms with E-state index in [0.717, 1.165) is 16.3 Å². The molecule has 1 heterocycles. The van der Waals surface area contributed by atoms with E-state index in [1.165, 1.54) is 22.6 Å². The second kappa shape index (κ2) is 12.8. The molecule has 36 heavy (non-hydrogen) atoms. The zero-order valence-corrected chi connectivity index (χ0v) is 21.5. The number of carbonyl (C=O) groups is 3. The number of hydrogen-bond acceptors (Lipinski definition) is 5. The molecule has 0 bridgehead atoms. The summed E-state index contributed by atoms with van der Waals surface area (Å²) < 4.78 is 1.39. The molecule has 3 aromatic carbocycles. The molecule has 2 atom stereocenters. The van der Waals surface area contributed by atoms with E-state index >= 15 is 0 Å². The lowest BCUT2D eigenvalue weighted by atomic mass is 9.98. The van der Waals surface area contributed by atoms with Crippen LogP contribution in [0.2, 0.25) is 0 Å².